The number of para-hydroxylation sites is 1. The largest absolute Gasteiger partial charge is 0.490 e. The lowest BCUT2D eigenvalue weighted by Crippen LogP contribution is -2.48. The van der Waals surface area contributed by atoms with Crippen LogP contribution in [0.5, 0.6) is 0 Å². The number of ether oxygens (including phenoxy) is 1. The number of rotatable bonds is 6. The highest BCUT2D eigenvalue weighted by Gasteiger charge is 2.49. The molecule has 3 rings (SSSR count). The molecule has 2 aliphatic rings. The molecule has 2 amide bonds. The van der Waals surface area contributed by atoms with Gasteiger partial charge in [0.1, 0.15) is 5.25 Å². The van der Waals surface area contributed by atoms with Gasteiger partial charge in [0, 0.05) is 19.3 Å². The number of thioether (sulfide) groups is 1. The topological polar surface area (TPSA) is 88.1 Å². The zero-order valence-corrected chi connectivity index (χ0v) is 16.1. The number of aliphatic imine (C=N–C) groups is 1. The van der Waals surface area contributed by atoms with E-state index in [0.717, 1.165) is 29.5 Å². The average molecular weight is 429 g/mol. The van der Waals surface area contributed by atoms with Crippen molar-refractivity contribution in [2.75, 3.05) is 18.5 Å². The molecule has 0 radical (unpaired) electrons. The van der Waals surface area contributed by atoms with Crippen molar-refractivity contribution in [3.63, 3.8) is 0 Å². The molecular formula is C18H18F3N3O4S. The molecule has 0 saturated heterocycles. The molecule has 0 aromatic heterocycles. The number of carbonyl (C=O) groups is 3. The first-order valence-corrected chi connectivity index (χ1v) is 9.68. The molecule has 0 bridgehead atoms. The number of carbonyl (C=O) groups excluding carboxylic acids is 3. The van der Waals surface area contributed by atoms with E-state index in [0.29, 0.717) is 18.2 Å². The number of hydrogen-bond acceptors (Lipinski definition) is 6. The van der Waals surface area contributed by atoms with Crippen LogP contribution in [-0.2, 0) is 19.1 Å². The number of hydrogen-bond donors (Lipinski definition) is 1. The van der Waals surface area contributed by atoms with E-state index >= 15 is 0 Å². The Morgan fingerprint density at radius 3 is 2.55 bits per heavy atom. The fraction of sp³-hybridized carbons (Fsp3) is 0.444. The Balaban J connectivity index is 1.78. The maximum absolute atomic E-state index is 12.9. The van der Waals surface area contributed by atoms with E-state index in [2.05, 4.69) is 15.0 Å². The lowest BCUT2D eigenvalue weighted by atomic mass is 10.2. The Morgan fingerprint density at radius 2 is 1.97 bits per heavy atom. The Hall–Kier alpha value is -2.56. The third-order valence-corrected chi connectivity index (χ3v) is 5.55. The smallest absolute Gasteiger partial charge is 0.444 e. The summed E-state index contributed by atoms with van der Waals surface area (Å²) in [5, 5.41) is 1.75. The van der Waals surface area contributed by atoms with Crippen molar-refractivity contribution < 1.29 is 32.3 Å². The second kappa shape index (κ2) is 8.44. The van der Waals surface area contributed by atoms with Crippen LogP contribution in [0.1, 0.15) is 12.8 Å². The number of benzene rings is 1. The standard InChI is InChI=1S/C18H18F3N3O4S/c1-24(11-5-3-2-4-6-11)15(26)12(28-16(27)18(19,20)21)13-14(25)23-17(29-13)22-9-10-7-8-10/h2-6,10,12-13H,7-9H2,1H3,(H,22,23,25). The van der Waals surface area contributed by atoms with Gasteiger partial charge in [-0.05, 0) is 30.9 Å². The predicted molar refractivity (Wildman–Crippen MR) is 100 cm³/mol. The molecule has 2 unspecified atom stereocenters. The van der Waals surface area contributed by atoms with E-state index < -0.39 is 35.3 Å². The zero-order chi connectivity index (χ0) is 21.2. The lowest BCUT2D eigenvalue weighted by Gasteiger charge is -2.26. The maximum atomic E-state index is 12.9. The molecule has 156 valence electrons. The summed E-state index contributed by atoms with van der Waals surface area (Å²) in [6, 6.07) is 8.08. The molecule has 1 aliphatic heterocycles. The third-order valence-electron chi connectivity index (χ3n) is 4.39. The summed E-state index contributed by atoms with van der Waals surface area (Å²) in [4.78, 5) is 41.4. The van der Waals surface area contributed by atoms with Crippen molar-refractivity contribution in [1.82, 2.24) is 5.32 Å². The number of halogens is 3. The minimum Gasteiger partial charge on any atom is -0.444 e. The highest BCUT2D eigenvalue weighted by atomic mass is 32.2. The van der Waals surface area contributed by atoms with Gasteiger partial charge in [-0.1, -0.05) is 30.0 Å². The van der Waals surface area contributed by atoms with E-state index in [1.807, 2.05) is 0 Å². The van der Waals surface area contributed by atoms with Crippen LogP contribution in [0.4, 0.5) is 18.9 Å². The molecule has 1 aromatic rings. The van der Waals surface area contributed by atoms with Crippen LogP contribution in [0.15, 0.2) is 35.3 Å². The quantitative estimate of drug-likeness (QED) is 0.697. The van der Waals surface area contributed by atoms with E-state index in [1.165, 1.54) is 7.05 Å². The van der Waals surface area contributed by atoms with E-state index in [9.17, 15) is 27.6 Å². The molecule has 1 N–H and O–H groups in total. The first-order valence-electron chi connectivity index (χ1n) is 8.80. The number of anilines is 1. The van der Waals surface area contributed by atoms with Crippen LogP contribution in [0.3, 0.4) is 0 Å². The molecule has 29 heavy (non-hydrogen) atoms. The van der Waals surface area contributed by atoms with Gasteiger partial charge in [0.2, 0.25) is 6.10 Å². The number of nitrogens with zero attached hydrogens (tertiary/aromatic N) is 2. The van der Waals surface area contributed by atoms with Gasteiger partial charge in [-0.15, -0.1) is 0 Å². The van der Waals surface area contributed by atoms with Crippen molar-refractivity contribution in [1.29, 1.82) is 0 Å². The van der Waals surface area contributed by atoms with Crippen LogP contribution in [0.2, 0.25) is 0 Å². The highest BCUT2D eigenvalue weighted by Crippen LogP contribution is 2.31. The minimum atomic E-state index is -5.30. The molecule has 1 saturated carbocycles. The minimum absolute atomic E-state index is 0.204. The van der Waals surface area contributed by atoms with E-state index in [-0.39, 0.29) is 5.17 Å². The number of amidine groups is 1. The van der Waals surface area contributed by atoms with E-state index in [4.69, 9.17) is 0 Å². The second-order valence-corrected chi connectivity index (χ2v) is 7.80. The average Bonchev–Trinajstić information content (AvgIpc) is 3.44. The lowest BCUT2D eigenvalue weighted by molar-refractivity contribution is -0.205. The summed E-state index contributed by atoms with van der Waals surface area (Å²) in [6.45, 7) is 0.580. The highest BCUT2D eigenvalue weighted by molar-refractivity contribution is 8.15. The zero-order valence-electron chi connectivity index (χ0n) is 15.3. The van der Waals surface area contributed by atoms with Gasteiger partial charge in [-0.2, -0.15) is 18.2 Å². The Labute approximate surface area is 168 Å². The SMILES string of the molecule is CN(C(=O)C(OC(=O)C(F)(F)F)C1SC(NCC2CC2)=NC1=O)c1ccccc1. The predicted octanol–water partition coefficient (Wildman–Crippen LogP) is 2.12. The second-order valence-electron chi connectivity index (χ2n) is 6.67. The van der Waals surface area contributed by atoms with Gasteiger partial charge >= 0.3 is 12.1 Å². The van der Waals surface area contributed by atoms with Crippen molar-refractivity contribution in [2.45, 2.75) is 30.4 Å². The summed E-state index contributed by atoms with van der Waals surface area (Å²) >= 11 is 0.787. The summed E-state index contributed by atoms with van der Waals surface area (Å²) in [5.74, 6) is -3.86. The van der Waals surface area contributed by atoms with Gasteiger partial charge < -0.3 is 15.0 Å². The normalized spacial score (nSPS) is 20.1. The first-order chi connectivity index (χ1) is 13.7. The molecule has 1 fully saturated rings. The van der Waals surface area contributed by atoms with Gasteiger partial charge in [0.05, 0.1) is 0 Å². The van der Waals surface area contributed by atoms with Crippen LogP contribution >= 0.6 is 11.8 Å². The molecule has 1 heterocycles. The van der Waals surface area contributed by atoms with Crippen molar-refractivity contribution in [2.24, 2.45) is 10.9 Å². The monoisotopic (exact) mass is 429 g/mol. The number of amides is 2. The molecular weight excluding hydrogens is 411 g/mol. The molecule has 1 aliphatic carbocycles. The molecule has 11 heteroatoms. The fourth-order valence-corrected chi connectivity index (χ4v) is 3.58. The van der Waals surface area contributed by atoms with E-state index in [1.54, 1.807) is 30.3 Å². The number of esters is 1. The third kappa shape index (κ3) is 5.28. The summed E-state index contributed by atoms with van der Waals surface area (Å²) in [7, 11) is 1.32. The maximum Gasteiger partial charge on any atom is 0.490 e. The van der Waals surface area contributed by atoms with Gasteiger partial charge in [0.15, 0.2) is 5.17 Å². The van der Waals surface area contributed by atoms with Gasteiger partial charge in [0.25, 0.3) is 11.8 Å². The molecule has 0 spiro atoms. The van der Waals surface area contributed by atoms with Crippen LogP contribution in [-0.4, -0.2) is 54.1 Å². The Morgan fingerprint density at radius 1 is 1.31 bits per heavy atom. The summed E-state index contributed by atoms with van der Waals surface area (Å²) in [5.41, 5.74) is 0.369. The fourth-order valence-electron chi connectivity index (χ4n) is 2.58. The summed E-state index contributed by atoms with van der Waals surface area (Å²) in [6.07, 6.45) is -5.18. The van der Waals surface area contributed by atoms with Crippen molar-refractivity contribution in [3.8, 4) is 0 Å². The van der Waals surface area contributed by atoms with Crippen molar-refractivity contribution in [3.05, 3.63) is 30.3 Å². The van der Waals surface area contributed by atoms with Crippen LogP contribution in [0, 0.1) is 5.92 Å². The number of alkyl halides is 3. The number of nitrogens with one attached hydrogen (secondary N) is 1. The van der Waals surface area contributed by atoms with Crippen LogP contribution < -0.4 is 10.2 Å². The van der Waals surface area contributed by atoms with Crippen molar-refractivity contribution >= 4 is 40.4 Å². The molecule has 1 aromatic carbocycles. The number of likely N-dealkylation sites (N-methyl/N-ethyl adjacent to an activating group) is 1. The molecule has 2 atom stereocenters. The van der Waals surface area contributed by atoms with Gasteiger partial charge in [-0.3, -0.25) is 9.59 Å². The first kappa shape index (κ1) is 21.2. The Kier molecular flexibility index (Phi) is 6.15. The summed E-state index contributed by atoms with van der Waals surface area (Å²) < 4.78 is 42.7. The molecule has 7 nitrogen and oxygen atoms in total. The van der Waals surface area contributed by atoms with Gasteiger partial charge in [-0.25, -0.2) is 4.79 Å². The van der Waals surface area contributed by atoms with Crippen LogP contribution in [0.25, 0.3) is 0 Å². The Bertz CT molecular complexity index is 827.